The summed E-state index contributed by atoms with van der Waals surface area (Å²) in [6.07, 6.45) is 0. The van der Waals surface area contributed by atoms with Crippen molar-refractivity contribution in [2.45, 2.75) is 0 Å². The molecular formula is C12H5Cl4NO3. The summed E-state index contributed by atoms with van der Waals surface area (Å²) in [4.78, 5) is 10.1. The quantitative estimate of drug-likeness (QED) is 0.386. The lowest BCUT2D eigenvalue weighted by Crippen LogP contribution is -1.90. The SMILES string of the molecule is O=[N+]([O-])c1ccc(Oc2cc(Cl)c(Cl)cc2Cl)c(Cl)c1. The Morgan fingerprint density at radius 1 is 0.850 bits per heavy atom. The number of nitro benzene ring substituents is 1. The molecule has 0 N–H and O–H groups in total. The van der Waals surface area contributed by atoms with Crippen molar-refractivity contribution < 1.29 is 9.66 Å². The Balaban J connectivity index is 2.35. The molecule has 0 fully saturated rings. The van der Waals surface area contributed by atoms with Crippen LogP contribution in [0.2, 0.25) is 20.1 Å². The minimum atomic E-state index is -0.554. The second-order valence-corrected chi connectivity index (χ2v) is 5.30. The van der Waals surface area contributed by atoms with E-state index in [2.05, 4.69) is 0 Å². The van der Waals surface area contributed by atoms with Gasteiger partial charge in [-0.05, 0) is 12.1 Å². The smallest absolute Gasteiger partial charge is 0.271 e. The predicted octanol–water partition coefficient (Wildman–Crippen LogP) is 6.00. The molecule has 0 bridgehead atoms. The number of halogens is 4. The van der Waals surface area contributed by atoms with Crippen LogP contribution in [0, 0.1) is 10.1 Å². The molecule has 0 aliphatic carbocycles. The van der Waals surface area contributed by atoms with E-state index in [-0.39, 0.29) is 32.3 Å². The van der Waals surface area contributed by atoms with Crippen molar-refractivity contribution in [3.05, 3.63) is 60.5 Å². The monoisotopic (exact) mass is 351 g/mol. The molecule has 0 saturated heterocycles. The summed E-state index contributed by atoms with van der Waals surface area (Å²) in [6.45, 7) is 0. The summed E-state index contributed by atoms with van der Waals surface area (Å²) < 4.78 is 5.48. The van der Waals surface area contributed by atoms with E-state index in [0.29, 0.717) is 5.02 Å². The van der Waals surface area contributed by atoms with E-state index in [0.717, 1.165) is 0 Å². The Kier molecular flexibility index (Phi) is 4.60. The van der Waals surface area contributed by atoms with Gasteiger partial charge in [0.1, 0.15) is 11.5 Å². The summed E-state index contributed by atoms with van der Waals surface area (Å²) in [7, 11) is 0. The molecule has 8 heteroatoms. The van der Waals surface area contributed by atoms with Gasteiger partial charge >= 0.3 is 0 Å². The van der Waals surface area contributed by atoms with E-state index in [4.69, 9.17) is 51.1 Å². The lowest BCUT2D eigenvalue weighted by Gasteiger charge is -2.10. The first kappa shape index (κ1) is 15.2. The largest absolute Gasteiger partial charge is 0.454 e. The molecule has 2 rings (SSSR count). The first-order valence-corrected chi connectivity index (χ1v) is 6.66. The molecular weight excluding hydrogens is 348 g/mol. The van der Waals surface area contributed by atoms with Gasteiger partial charge < -0.3 is 4.74 Å². The zero-order valence-electron chi connectivity index (χ0n) is 9.57. The highest BCUT2D eigenvalue weighted by atomic mass is 35.5. The minimum Gasteiger partial charge on any atom is -0.454 e. The van der Waals surface area contributed by atoms with Gasteiger partial charge in [0.2, 0.25) is 0 Å². The standard InChI is InChI=1S/C12H5Cl4NO3/c13-7-4-10(16)12(5-8(7)14)20-11-2-1-6(17(18)19)3-9(11)15/h1-5H. The van der Waals surface area contributed by atoms with Gasteiger partial charge in [0, 0.05) is 18.2 Å². The zero-order chi connectivity index (χ0) is 14.9. The number of rotatable bonds is 3. The number of nitro groups is 1. The van der Waals surface area contributed by atoms with Gasteiger partial charge in [-0.3, -0.25) is 10.1 Å². The number of ether oxygens (including phenoxy) is 1. The second kappa shape index (κ2) is 6.06. The molecule has 2 aromatic carbocycles. The minimum absolute atomic E-state index is 0.0846. The third-order valence-corrected chi connectivity index (χ3v) is 3.63. The van der Waals surface area contributed by atoms with Crippen molar-refractivity contribution in [1.82, 2.24) is 0 Å². The molecule has 0 heterocycles. The van der Waals surface area contributed by atoms with Crippen LogP contribution in [0.4, 0.5) is 5.69 Å². The van der Waals surface area contributed by atoms with Crippen LogP contribution in [-0.4, -0.2) is 4.92 Å². The first-order chi connectivity index (χ1) is 9.38. The van der Waals surface area contributed by atoms with Crippen LogP contribution in [0.3, 0.4) is 0 Å². The van der Waals surface area contributed by atoms with E-state index in [9.17, 15) is 10.1 Å². The molecule has 0 spiro atoms. The van der Waals surface area contributed by atoms with Crippen LogP contribution in [0.15, 0.2) is 30.3 Å². The zero-order valence-corrected chi connectivity index (χ0v) is 12.6. The van der Waals surface area contributed by atoms with Gasteiger partial charge in [-0.2, -0.15) is 0 Å². The molecule has 2 aromatic rings. The Hall–Kier alpha value is -1.20. The van der Waals surface area contributed by atoms with Gasteiger partial charge in [0.25, 0.3) is 5.69 Å². The van der Waals surface area contributed by atoms with Crippen LogP contribution >= 0.6 is 46.4 Å². The second-order valence-electron chi connectivity index (χ2n) is 3.67. The lowest BCUT2D eigenvalue weighted by molar-refractivity contribution is -0.384. The summed E-state index contributed by atoms with van der Waals surface area (Å²) >= 11 is 23.5. The average Bonchev–Trinajstić information content (AvgIpc) is 2.37. The number of hydrogen-bond donors (Lipinski definition) is 0. The molecule has 0 saturated carbocycles. The maximum Gasteiger partial charge on any atom is 0.271 e. The fourth-order valence-corrected chi connectivity index (χ4v) is 2.18. The third kappa shape index (κ3) is 3.27. The number of non-ortho nitro benzene ring substituents is 1. The Morgan fingerprint density at radius 2 is 1.45 bits per heavy atom. The number of benzene rings is 2. The van der Waals surface area contributed by atoms with E-state index in [1.165, 1.54) is 30.3 Å². The lowest BCUT2D eigenvalue weighted by atomic mass is 10.3. The van der Waals surface area contributed by atoms with Crippen LogP contribution in [0.5, 0.6) is 11.5 Å². The van der Waals surface area contributed by atoms with Crippen LogP contribution in [0.1, 0.15) is 0 Å². The summed E-state index contributed by atoms with van der Waals surface area (Å²) in [5.74, 6) is 0.467. The Morgan fingerprint density at radius 3 is 2.05 bits per heavy atom. The first-order valence-electron chi connectivity index (χ1n) is 5.15. The molecule has 0 aliphatic rings. The number of hydrogen-bond acceptors (Lipinski definition) is 3. The van der Waals surface area contributed by atoms with Crippen molar-refractivity contribution in [3.63, 3.8) is 0 Å². The summed E-state index contributed by atoms with van der Waals surface area (Å²) in [5.41, 5.74) is -0.136. The average molecular weight is 353 g/mol. The van der Waals surface area contributed by atoms with Gasteiger partial charge in [0.05, 0.1) is 25.0 Å². The maximum absolute atomic E-state index is 10.6. The summed E-state index contributed by atoms with van der Waals surface area (Å²) in [5, 5.41) is 11.5. The Bertz CT molecular complexity index is 691. The van der Waals surface area contributed by atoms with E-state index >= 15 is 0 Å². The van der Waals surface area contributed by atoms with Gasteiger partial charge in [-0.25, -0.2) is 0 Å². The van der Waals surface area contributed by atoms with E-state index < -0.39 is 4.92 Å². The molecule has 0 unspecified atom stereocenters. The predicted molar refractivity (Wildman–Crippen MR) is 79.7 cm³/mol. The third-order valence-electron chi connectivity index (χ3n) is 2.32. The van der Waals surface area contributed by atoms with Gasteiger partial charge in [0.15, 0.2) is 0 Å². The van der Waals surface area contributed by atoms with Gasteiger partial charge in [-0.1, -0.05) is 46.4 Å². The summed E-state index contributed by atoms with van der Waals surface area (Å²) in [6, 6.07) is 6.69. The highest BCUT2D eigenvalue weighted by Crippen LogP contribution is 2.39. The molecule has 4 nitrogen and oxygen atoms in total. The Labute approximate surface area is 133 Å². The maximum atomic E-state index is 10.6. The molecule has 0 aromatic heterocycles. The van der Waals surface area contributed by atoms with Crippen molar-refractivity contribution in [2.24, 2.45) is 0 Å². The van der Waals surface area contributed by atoms with Crippen LogP contribution in [0.25, 0.3) is 0 Å². The van der Waals surface area contributed by atoms with Crippen molar-refractivity contribution in [3.8, 4) is 11.5 Å². The highest BCUT2D eigenvalue weighted by Gasteiger charge is 2.13. The fraction of sp³-hybridized carbons (Fsp3) is 0. The number of nitrogens with zero attached hydrogens (tertiary/aromatic N) is 1. The van der Waals surface area contributed by atoms with Gasteiger partial charge in [-0.15, -0.1) is 0 Å². The highest BCUT2D eigenvalue weighted by molar-refractivity contribution is 6.43. The van der Waals surface area contributed by atoms with Crippen molar-refractivity contribution >= 4 is 52.1 Å². The molecule has 0 aliphatic heterocycles. The normalized spacial score (nSPS) is 10.4. The van der Waals surface area contributed by atoms with Crippen molar-refractivity contribution in [1.29, 1.82) is 0 Å². The van der Waals surface area contributed by atoms with Crippen LogP contribution < -0.4 is 4.74 Å². The topological polar surface area (TPSA) is 52.4 Å². The molecule has 0 radical (unpaired) electrons. The molecule has 104 valence electrons. The van der Waals surface area contributed by atoms with Crippen LogP contribution in [-0.2, 0) is 0 Å². The fourth-order valence-electron chi connectivity index (χ4n) is 1.39. The van der Waals surface area contributed by atoms with Crippen molar-refractivity contribution in [2.75, 3.05) is 0 Å². The van der Waals surface area contributed by atoms with E-state index in [1.807, 2.05) is 0 Å². The van der Waals surface area contributed by atoms with E-state index in [1.54, 1.807) is 0 Å². The molecule has 0 atom stereocenters. The molecule has 20 heavy (non-hydrogen) atoms. The molecule has 0 amide bonds.